The first-order valence-electron chi connectivity index (χ1n) is 8.68. The molecule has 6 nitrogen and oxygen atoms in total. The molecule has 3 amide bonds. The molecule has 0 bridgehead atoms. The molecule has 0 unspecified atom stereocenters. The summed E-state index contributed by atoms with van der Waals surface area (Å²) >= 11 is 0. The zero-order chi connectivity index (χ0) is 19.4. The van der Waals surface area contributed by atoms with Gasteiger partial charge >= 0.3 is 11.8 Å². The summed E-state index contributed by atoms with van der Waals surface area (Å²) in [6, 6.07) is 10.9. The molecule has 1 aliphatic heterocycles. The van der Waals surface area contributed by atoms with E-state index in [0.29, 0.717) is 17.8 Å². The SMILES string of the molecule is CC(=O)N1CCCc2ccc(NC(=O)C(=O)NCc3ccc(F)cc3)cc21. The molecule has 0 atom stereocenters. The van der Waals surface area contributed by atoms with Crippen molar-refractivity contribution in [2.24, 2.45) is 0 Å². The molecule has 1 heterocycles. The first-order chi connectivity index (χ1) is 12.9. The van der Waals surface area contributed by atoms with E-state index in [1.54, 1.807) is 17.0 Å². The third-order valence-corrected chi connectivity index (χ3v) is 4.41. The Morgan fingerprint density at radius 2 is 1.81 bits per heavy atom. The van der Waals surface area contributed by atoms with Gasteiger partial charge < -0.3 is 15.5 Å². The first-order valence-corrected chi connectivity index (χ1v) is 8.68. The zero-order valence-electron chi connectivity index (χ0n) is 14.9. The number of halogens is 1. The quantitative estimate of drug-likeness (QED) is 0.816. The van der Waals surface area contributed by atoms with Gasteiger partial charge in [0.2, 0.25) is 5.91 Å². The predicted octanol–water partition coefficient (Wildman–Crippen LogP) is 2.38. The summed E-state index contributed by atoms with van der Waals surface area (Å²) < 4.78 is 12.9. The molecule has 0 fully saturated rings. The fourth-order valence-corrected chi connectivity index (χ4v) is 3.03. The van der Waals surface area contributed by atoms with E-state index in [1.807, 2.05) is 6.07 Å². The normalized spacial score (nSPS) is 12.9. The molecule has 2 aromatic rings. The summed E-state index contributed by atoms with van der Waals surface area (Å²) in [6.07, 6.45) is 1.76. The van der Waals surface area contributed by atoms with Crippen molar-refractivity contribution in [1.82, 2.24) is 5.32 Å². The Bertz CT molecular complexity index is 881. The van der Waals surface area contributed by atoms with Crippen LogP contribution in [0.25, 0.3) is 0 Å². The molecule has 0 aliphatic carbocycles. The highest BCUT2D eigenvalue weighted by atomic mass is 19.1. The minimum Gasteiger partial charge on any atom is -0.344 e. The van der Waals surface area contributed by atoms with E-state index in [-0.39, 0.29) is 18.3 Å². The van der Waals surface area contributed by atoms with Crippen LogP contribution >= 0.6 is 0 Å². The Kier molecular flexibility index (Phi) is 5.49. The van der Waals surface area contributed by atoms with Crippen molar-refractivity contribution in [2.75, 3.05) is 16.8 Å². The number of hydrogen-bond acceptors (Lipinski definition) is 3. The minimum absolute atomic E-state index is 0.0588. The largest absolute Gasteiger partial charge is 0.344 e. The van der Waals surface area contributed by atoms with Crippen molar-refractivity contribution in [1.29, 1.82) is 0 Å². The second kappa shape index (κ2) is 7.99. The van der Waals surface area contributed by atoms with Gasteiger partial charge in [-0.25, -0.2) is 4.39 Å². The van der Waals surface area contributed by atoms with Gasteiger partial charge in [0.1, 0.15) is 5.82 Å². The van der Waals surface area contributed by atoms with E-state index in [4.69, 9.17) is 0 Å². The maximum Gasteiger partial charge on any atom is 0.313 e. The lowest BCUT2D eigenvalue weighted by Crippen LogP contribution is -2.35. The van der Waals surface area contributed by atoms with E-state index < -0.39 is 11.8 Å². The van der Waals surface area contributed by atoms with Crippen LogP contribution in [0.2, 0.25) is 0 Å². The summed E-state index contributed by atoms with van der Waals surface area (Å²) in [5, 5.41) is 5.04. The molecular weight excluding hydrogens is 349 g/mol. The molecule has 0 radical (unpaired) electrons. The van der Waals surface area contributed by atoms with Gasteiger partial charge in [0.05, 0.1) is 0 Å². The number of nitrogens with one attached hydrogen (secondary N) is 2. The number of nitrogens with zero attached hydrogens (tertiary/aromatic N) is 1. The minimum atomic E-state index is -0.803. The average Bonchev–Trinajstić information content (AvgIpc) is 2.66. The van der Waals surface area contributed by atoms with Crippen molar-refractivity contribution in [2.45, 2.75) is 26.3 Å². The molecule has 2 aromatic carbocycles. The lowest BCUT2D eigenvalue weighted by atomic mass is 10.0. The summed E-state index contributed by atoms with van der Waals surface area (Å²) in [5.74, 6) is -2.02. The number of rotatable bonds is 3. The molecule has 0 saturated carbocycles. The lowest BCUT2D eigenvalue weighted by Gasteiger charge is -2.29. The van der Waals surface area contributed by atoms with Crippen LogP contribution in [0.4, 0.5) is 15.8 Å². The molecule has 2 N–H and O–H groups in total. The van der Waals surface area contributed by atoms with Crippen LogP contribution in [-0.4, -0.2) is 24.3 Å². The van der Waals surface area contributed by atoms with E-state index in [1.165, 1.54) is 31.2 Å². The third kappa shape index (κ3) is 4.49. The predicted molar refractivity (Wildman–Crippen MR) is 99.7 cm³/mol. The highest BCUT2D eigenvalue weighted by Gasteiger charge is 2.21. The highest BCUT2D eigenvalue weighted by Crippen LogP contribution is 2.30. The molecule has 0 spiro atoms. The summed E-state index contributed by atoms with van der Waals surface area (Å²) in [5.41, 5.74) is 2.93. The fraction of sp³-hybridized carbons (Fsp3) is 0.250. The number of carbonyl (C=O) groups is 3. The molecule has 0 aromatic heterocycles. The van der Waals surface area contributed by atoms with Crippen LogP contribution in [0.1, 0.15) is 24.5 Å². The molecule has 3 rings (SSSR count). The van der Waals surface area contributed by atoms with Gasteiger partial charge in [-0.2, -0.15) is 0 Å². The Hall–Kier alpha value is -3.22. The Morgan fingerprint density at radius 1 is 1.07 bits per heavy atom. The van der Waals surface area contributed by atoms with Gasteiger partial charge in [-0.15, -0.1) is 0 Å². The molecule has 27 heavy (non-hydrogen) atoms. The number of benzene rings is 2. The van der Waals surface area contributed by atoms with Gasteiger partial charge in [0.15, 0.2) is 0 Å². The fourth-order valence-electron chi connectivity index (χ4n) is 3.03. The second-order valence-corrected chi connectivity index (χ2v) is 6.38. The van der Waals surface area contributed by atoms with Crippen LogP contribution in [-0.2, 0) is 27.3 Å². The van der Waals surface area contributed by atoms with Crippen molar-refractivity contribution < 1.29 is 18.8 Å². The second-order valence-electron chi connectivity index (χ2n) is 6.38. The van der Waals surface area contributed by atoms with Crippen LogP contribution in [0.15, 0.2) is 42.5 Å². The lowest BCUT2D eigenvalue weighted by molar-refractivity contribution is -0.136. The Labute approximate surface area is 156 Å². The van der Waals surface area contributed by atoms with Crippen molar-refractivity contribution >= 4 is 29.1 Å². The monoisotopic (exact) mass is 369 g/mol. The number of fused-ring (bicyclic) bond motifs is 1. The summed E-state index contributed by atoms with van der Waals surface area (Å²) in [7, 11) is 0. The van der Waals surface area contributed by atoms with Crippen molar-refractivity contribution in [3.05, 3.63) is 59.4 Å². The molecular formula is C20H20FN3O3. The number of anilines is 2. The van der Waals surface area contributed by atoms with E-state index in [2.05, 4.69) is 10.6 Å². The van der Waals surface area contributed by atoms with E-state index in [0.717, 1.165) is 24.1 Å². The Morgan fingerprint density at radius 3 is 2.52 bits per heavy atom. The van der Waals surface area contributed by atoms with Gasteiger partial charge in [-0.1, -0.05) is 18.2 Å². The molecule has 140 valence electrons. The van der Waals surface area contributed by atoms with Crippen LogP contribution in [0.5, 0.6) is 0 Å². The topological polar surface area (TPSA) is 78.5 Å². The molecule has 1 aliphatic rings. The number of aryl methyl sites for hydroxylation is 1. The molecule has 0 saturated heterocycles. The number of carbonyl (C=O) groups excluding carboxylic acids is 3. The Balaban J connectivity index is 1.63. The van der Waals surface area contributed by atoms with Gasteiger partial charge in [-0.05, 0) is 48.2 Å². The highest BCUT2D eigenvalue weighted by molar-refractivity contribution is 6.39. The van der Waals surface area contributed by atoms with E-state index in [9.17, 15) is 18.8 Å². The van der Waals surface area contributed by atoms with Crippen LogP contribution < -0.4 is 15.5 Å². The van der Waals surface area contributed by atoms with Gasteiger partial charge in [0.25, 0.3) is 0 Å². The van der Waals surface area contributed by atoms with Crippen molar-refractivity contribution in [3.8, 4) is 0 Å². The van der Waals surface area contributed by atoms with Crippen LogP contribution in [0, 0.1) is 5.82 Å². The standard InChI is InChI=1S/C20H20FN3O3/c1-13(25)24-10-2-3-15-6-9-17(11-18(15)24)23-20(27)19(26)22-12-14-4-7-16(21)8-5-14/h4-9,11H,2-3,10,12H2,1H3,(H,22,26)(H,23,27). The number of hydrogen-bond donors (Lipinski definition) is 2. The first kappa shape index (κ1) is 18.6. The average molecular weight is 369 g/mol. The maximum atomic E-state index is 12.9. The number of amides is 3. The summed E-state index contributed by atoms with van der Waals surface area (Å²) in [6.45, 7) is 2.26. The maximum absolute atomic E-state index is 12.9. The third-order valence-electron chi connectivity index (χ3n) is 4.41. The summed E-state index contributed by atoms with van der Waals surface area (Å²) in [4.78, 5) is 37.6. The zero-order valence-corrected chi connectivity index (χ0v) is 14.9. The van der Waals surface area contributed by atoms with E-state index >= 15 is 0 Å². The smallest absolute Gasteiger partial charge is 0.313 e. The molecule has 7 heteroatoms. The van der Waals surface area contributed by atoms with Crippen LogP contribution in [0.3, 0.4) is 0 Å². The van der Waals surface area contributed by atoms with Crippen molar-refractivity contribution in [3.63, 3.8) is 0 Å². The van der Waals surface area contributed by atoms with Gasteiger partial charge in [0, 0.05) is 31.4 Å². The van der Waals surface area contributed by atoms with Gasteiger partial charge in [-0.3, -0.25) is 14.4 Å².